The van der Waals surface area contributed by atoms with Crippen molar-refractivity contribution in [2.24, 2.45) is 0 Å². The summed E-state index contributed by atoms with van der Waals surface area (Å²) in [5, 5.41) is 1.17. The van der Waals surface area contributed by atoms with Crippen LogP contribution in [0.3, 0.4) is 0 Å². The molecule has 8 nitrogen and oxygen atoms in total. The van der Waals surface area contributed by atoms with E-state index in [2.05, 4.69) is 10.2 Å². The summed E-state index contributed by atoms with van der Waals surface area (Å²) >= 11 is 0. The van der Waals surface area contributed by atoms with E-state index < -0.39 is 15.1 Å². The fourth-order valence-electron chi connectivity index (χ4n) is 2.82. The van der Waals surface area contributed by atoms with Gasteiger partial charge < -0.3 is 19.9 Å². The van der Waals surface area contributed by atoms with Gasteiger partial charge in [-0.3, -0.25) is 9.59 Å². The van der Waals surface area contributed by atoms with Crippen LogP contribution in [0.5, 0.6) is 5.75 Å². The number of sulfone groups is 1. The van der Waals surface area contributed by atoms with Gasteiger partial charge in [-0.2, -0.15) is 0 Å². The topological polar surface area (TPSA) is 96.0 Å². The molecule has 0 spiro atoms. The lowest BCUT2D eigenvalue weighted by Crippen LogP contribution is -2.51. The predicted octanol–water partition coefficient (Wildman–Crippen LogP) is 1.27. The lowest BCUT2D eigenvalue weighted by Gasteiger charge is -2.36. The standard InChI is InChI=1S/C18H27N3O5S/c1-3-4-12-27(24,25)18(23)19-14-17(22)21-10-8-20(9-11-21)15-6-5-7-16(13-15)26-2/h5-7,13H,3-4,8-12,14H2,1-2H3,(H,19,23). The molecule has 0 radical (unpaired) electrons. The van der Waals surface area contributed by atoms with Crippen molar-refractivity contribution in [3.05, 3.63) is 24.3 Å². The smallest absolute Gasteiger partial charge is 0.336 e. The fraction of sp³-hybridized carbons (Fsp3) is 0.556. The highest BCUT2D eigenvalue weighted by Gasteiger charge is 2.25. The first-order chi connectivity index (χ1) is 12.9. The Morgan fingerprint density at radius 1 is 1.19 bits per heavy atom. The van der Waals surface area contributed by atoms with Crippen LogP contribution in [-0.4, -0.2) is 70.1 Å². The first-order valence-electron chi connectivity index (χ1n) is 9.04. The molecular weight excluding hydrogens is 370 g/mol. The van der Waals surface area contributed by atoms with E-state index in [-0.39, 0.29) is 18.2 Å². The van der Waals surface area contributed by atoms with E-state index >= 15 is 0 Å². The maximum absolute atomic E-state index is 12.3. The van der Waals surface area contributed by atoms with E-state index in [1.54, 1.807) is 12.0 Å². The Morgan fingerprint density at radius 3 is 2.52 bits per heavy atom. The first kappa shape index (κ1) is 21.0. The summed E-state index contributed by atoms with van der Waals surface area (Å²) in [4.78, 5) is 27.8. The van der Waals surface area contributed by atoms with Crippen molar-refractivity contribution in [1.29, 1.82) is 0 Å². The second-order valence-electron chi connectivity index (χ2n) is 6.38. The third kappa shape index (κ3) is 5.85. The molecule has 0 atom stereocenters. The number of unbranched alkanes of at least 4 members (excludes halogenated alkanes) is 1. The normalized spacial score (nSPS) is 14.7. The van der Waals surface area contributed by atoms with E-state index in [1.807, 2.05) is 31.2 Å². The molecule has 27 heavy (non-hydrogen) atoms. The van der Waals surface area contributed by atoms with Gasteiger partial charge in [0.15, 0.2) is 0 Å². The van der Waals surface area contributed by atoms with Crippen LogP contribution in [0.15, 0.2) is 24.3 Å². The largest absolute Gasteiger partial charge is 0.497 e. The summed E-state index contributed by atoms with van der Waals surface area (Å²) in [6.07, 6.45) is 1.11. The first-order valence-corrected chi connectivity index (χ1v) is 10.7. The number of hydrogen-bond acceptors (Lipinski definition) is 6. The molecule has 0 unspecified atom stereocenters. The Hall–Kier alpha value is -2.29. The molecule has 0 aromatic heterocycles. The molecule has 0 bridgehead atoms. The third-order valence-corrected chi connectivity index (χ3v) is 6.02. The van der Waals surface area contributed by atoms with E-state index in [9.17, 15) is 18.0 Å². The molecule has 0 aliphatic carbocycles. The zero-order valence-electron chi connectivity index (χ0n) is 15.8. The van der Waals surface area contributed by atoms with Crippen LogP contribution >= 0.6 is 0 Å². The fourth-order valence-corrected chi connectivity index (χ4v) is 3.96. The van der Waals surface area contributed by atoms with E-state index in [0.717, 1.165) is 11.4 Å². The summed E-state index contributed by atoms with van der Waals surface area (Å²) < 4.78 is 28.8. The van der Waals surface area contributed by atoms with Crippen LogP contribution in [0.2, 0.25) is 0 Å². The third-order valence-electron chi connectivity index (χ3n) is 4.48. The Kier molecular flexibility index (Phi) is 7.46. The minimum Gasteiger partial charge on any atom is -0.497 e. The number of piperazine rings is 1. The van der Waals surface area contributed by atoms with Crippen molar-refractivity contribution < 1.29 is 22.7 Å². The monoisotopic (exact) mass is 397 g/mol. The molecule has 2 amide bonds. The number of methoxy groups -OCH3 is 1. The summed E-state index contributed by atoms with van der Waals surface area (Å²) in [6, 6.07) is 7.72. The SMILES string of the molecule is CCCCS(=O)(=O)C(=O)NCC(=O)N1CCN(c2cccc(OC)c2)CC1. The summed E-state index contributed by atoms with van der Waals surface area (Å²) in [5.41, 5.74) is 1.02. The maximum Gasteiger partial charge on any atom is 0.336 e. The second kappa shape index (κ2) is 9.59. The molecule has 2 rings (SSSR count). The number of anilines is 1. The highest BCUT2D eigenvalue weighted by Crippen LogP contribution is 2.22. The Balaban J connectivity index is 1.81. The summed E-state index contributed by atoms with van der Waals surface area (Å²) in [6.45, 7) is 3.87. The van der Waals surface area contributed by atoms with E-state index in [0.29, 0.717) is 39.0 Å². The van der Waals surface area contributed by atoms with Gasteiger partial charge in [-0.15, -0.1) is 0 Å². The number of hydrogen-bond donors (Lipinski definition) is 1. The van der Waals surface area contributed by atoms with Crippen molar-refractivity contribution in [2.45, 2.75) is 19.8 Å². The minimum absolute atomic E-state index is 0.192. The number of carbonyl (C=O) groups is 2. The molecule has 1 aliphatic rings. The molecule has 1 aromatic carbocycles. The number of nitrogens with one attached hydrogen (secondary N) is 1. The number of ether oxygens (including phenoxy) is 1. The zero-order chi connectivity index (χ0) is 19.9. The molecule has 150 valence electrons. The Bertz CT molecular complexity index is 758. The van der Waals surface area contributed by atoms with Crippen LogP contribution in [0.1, 0.15) is 19.8 Å². The van der Waals surface area contributed by atoms with Crippen molar-refractivity contribution in [2.75, 3.05) is 50.5 Å². The summed E-state index contributed by atoms with van der Waals surface area (Å²) in [7, 11) is -2.22. The van der Waals surface area contributed by atoms with E-state index in [4.69, 9.17) is 4.74 Å². The van der Waals surface area contributed by atoms with Crippen LogP contribution in [0.25, 0.3) is 0 Å². The van der Waals surface area contributed by atoms with Gasteiger partial charge in [0.25, 0.3) is 0 Å². The molecular formula is C18H27N3O5S. The van der Waals surface area contributed by atoms with Gasteiger partial charge in [-0.25, -0.2) is 8.42 Å². The Labute approximate surface area is 160 Å². The molecule has 1 saturated heterocycles. The highest BCUT2D eigenvalue weighted by molar-refractivity contribution is 8.06. The average molecular weight is 397 g/mol. The maximum atomic E-state index is 12.3. The lowest BCUT2D eigenvalue weighted by atomic mass is 10.2. The van der Waals surface area contributed by atoms with E-state index in [1.165, 1.54) is 0 Å². The number of carbonyl (C=O) groups excluding carboxylic acids is 2. The van der Waals surface area contributed by atoms with Gasteiger partial charge >= 0.3 is 5.24 Å². The second-order valence-corrected chi connectivity index (χ2v) is 8.39. The molecule has 1 heterocycles. The molecule has 1 aliphatic heterocycles. The average Bonchev–Trinajstić information content (AvgIpc) is 2.70. The lowest BCUT2D eigenvalue weighted by molar-refractivity contribution is -0.130. The minimum atomic E-state index is -3.84. The zero-order valence-corrected chi connectivity index (χ0v) is 16.6. The van der Waals surface area contributed by atoms with Gasteiger partial charge in [0, 0.05) is 37.9 Å². The molecule has 1 N–H and O–H groups in total. The van der Waals surface area contributed by atoms with Gasteiger partial charge in [0.1, 0.15) is 5.75 Å². The van der Waals surface area contributed by atoms with Crippen LogP contribution in [0.4, 0.5) is 10.5 Å². The van der Waals surface area contributed by atoms with Crippen molar-refractivity contribution in [3.63, 3.8) is 0 Å². The van der Waals surface area contributed by atoms with Crippen molar-refractivity contribution >= 4 is 26.7 Å². The molecule has 9 heteroatoms. The number of benzene rings is 1. The predicted molar refractivity (Wildman–Crippen MR) is 104 cm³/mol. The number of amides is 2. The van der Waals surface area contributed by atoms with Gasteiger partial charge in [-0.05, 0) is 18.6 Å². The highest BCUT2D eigenvalue weighted by atomic mass is 32.2. The van der Waals surface area contributed by atoms with Crippen LogP contribution in [-0.2, 0) is 14.6 Å². The number of rotatable bonds is 7. The van der Waals surface area contributed by atoms with Crippen molar-refractivity contribution in [3.8, 4) is 5.75 Å². The van der Waals surface area contributed by atoms with Gasteiger partial charge in [-0.1, -0.05) is 19.4 Å². The molecule has 0 saturated carbocycles. The Morgan fingerprint density at radius 2 is 1.89 bits per heavy atom. The molecule has 1 aromatic rings. The van der Waals surface area contributed by atoms with Crippen LogP contribution < -0.4 is 15.0 Å². The van der Waals surface area contributed by atoms with Crippen molar-refractivity contribution in [1.82, 2.24) is 10.2 Å². The number of nitrogens with zero attached hydrogens (tertiary/aromatic N) is 2. The van der Waals surface area contributed by atoms with Crippen LogP contribution in [0, 0.1) is 0 Å². The molecule has 1 fully saturated rings. The van der Waals surface area contributed by atoms with Gasteiger partial charge in [0.05, 0.1) is 19.4 Å². The quantitative estimate of drug-likeness (QED) is 0.744. The van der Waals surface area contributed by atoms with Gasteiger partial charge in [0.2, 0.25) is 15.7 Å². The summed E-state index contributed by atoms with van der Waals surface area (Å²) in [5.74, 6) is 0.306.